The summed E-state index contributed by atoms with van der Waals surface area (Å²) in [6.45, 7) is 2.70. The second-order valence-corrected chi connectivity index (χ2v) is 8.84. The molecule has 0 radical (unpaired) electrons. The molecular formula is C26H26BrClN2O2. The van der Waals surface area contributed by atoms with Crippen LogP contribution in [0.4, 0.5) is 0 Å². The van der Waals surface area contributed by atoms with Crippen molar-refractivity contribution in [3.8, 4) is 0 Å². The number of halogens is 2. The summed E-state index contributed by atoms with van der Waals surface area (Å²) in [7, 11) is 0. The monoisotopic (exact) mass is 512 g/mol. The molecule has 3 aromatic carbocycles. The van der Waals surface area contributed by atoms with E-state index in [0.717, 1.165) is 21.2 Å². The Kier molecular flexibility index (Phi) is 8.89. The van der Waals surface area contributed by atoms with Crippen LogP contribution in [0.3, 0.4) is 0 Å². The van der Waals surface area contributed by atoms with E-state index in [4.69, 9.17) is 11.6 Å². The van der Waals surface area contributed by atoms with Crippen LogP contribution in [-0.2, 0) is 29.0 Å². The predicted molar refractivity (Wildman–Crippen MR) is 132 cm³/mol. The molecule has 1 N–H and O–H groups in total. The van der Waals surface area contributed by atoms with Gasteiger partial charge in [-0.2, -0.15) is 0 Å². The molecular weight excluding hydrogens is 488 g/mol. The average Bonchev–Trinajstić information content (AvgIpc) is 2.79. The van der Waals surface area contributed by atoms with Crippen molar-refractivity contribution in [1.29, 1.82) is 0 Å². The first-order valence-electron chi connectivity index (χ1n) is 10.6. The van der Waals surface area contributed by atoms with E-state index < -0.39 is 6.04 Å². The van der Waals surface area contributed by atoms with Crippen molar-refractivity contribution in [2.45, 2.75) is 32.4 Å². The number of amides is 2. The number of nitrogens with one attached hydrogen (secondary N) is 1. The van der Waals surface area contributed by atoms with Gasteiger partial charge in [0.25, 0.3) is 0 Å². The lowest BCUT2D eigenvalue weighted by Gasteiger charge is -2.31. The Bertz CT molecular complexity index is 1040. The van der Waals surface area contributed by atoms with Gasteiger partial charge in [-0.15, -0.1) is 0 Å². The highest BCUT2D eigenvalue weighted by molar-refractivity contribution is 9.10. The molecule has 0 saturated carbocycles. The number of carbonyl (C=O) groups excluding carboxylic acids is 2. The van der Waals surface area contributed by atoms with Gasteiger partial charge in [0.1, 0.15) is 6.04 Å². The number of hydrogen-bond donors (Lipinski definition) is 1. The van der Waals surface area contributed by atoms with E-state index in [1.54, 1.807) is 11.0 Å². The van der Waals surface area contributed by atoms with Gasteiger partial charge in [-0.1, -0.05) is 88.2 Å². The van der Waals surface area contributed by atoms with E-state index in [-0.39, 0.29) is 18.2 Å². The molecule has 0 fully saturated rings. The van der Waals surface area contributed by atoms with Crippen LogP contribution in [-0.4, -0.2) is 29.3 Å². The van der Waals surface area contributed by atoms with Gasteiger partial charge >= 0.3 is 0 Å². The second kappa shape index (κ2) is 11.8. The van der Waals surface area contributed by atoms with Gasteiger partial charge in [0, 0.05) is 29.0 Å². The molecule has 6 heteroatoms. The van der Waals surface area contributed by atoms with Gasteiger partial charge in [-0.05, 0) is 41.8 Å². The van der Waals surface area contributed by atoms with Crippen LogP contribution >= 0.6 is 27.5 Å². The highest BCUT2D eigenvalue weighted by Crippen LogP contribution is 2.21. The van der Waals surface area contributed by atoms with Crippen LogP contribution in [0.5, 0.6) is 0 Å². The third-order valence-electron chi connectivity index (χ3n) is 5.19. The van der Waals surface area contributed by atoms with Crippen LogP contribution in [0.15, 0.2) is 83.3 Å². The molecule has 0 heterocycles. The lowest BCUT2D eigenvalue weighted by atomic mass is 10.0. The summed E-state index contributed by atoms with van der Waals surface area (Å²) in [6.07, 6.45) is 0.554. The summed E-state index contributed by atoms with van der Waals surface area (Å²) in [6, 6.07) is 24.2. The standard InChI is InChI=1S/C26H26BrClN2O2/c1-2-29-26(32)24(16-19-8-4-3-5-9-19)30(18-20-12-14-22(27)15-13-20)25(31)17-21-10-6-7-11-23(21)28/h3-15,24H,2,16-18H2,1H3,(H,29,32)/t24-/m1/s1. The molecule has 2 amide bonds. The molecule has 32 heavy (non-hydrogen) atoms. The SMILES string of the molecule is CCNC(=O)[C@@H](Cc1ccccc1)N(Cc1ccc(Br)cc1)C(=O)Cc1ccccc1Cl. The first kappa shape index (κ1) is 24.0. The van der Waals surface area contributed by atoms with Crippen LogP contribution in [0.2, 0.25) is 5.02 Å². The van der Waals surface area contributed by atoms with Crippen molar-refractivity contribution >= 4 is 39.3 Å². The zero-order valence-electron chi connectivity index (χ0n) is 17.9. The molecule has 4 nitrogen and oxygen atoms in total. The maximum atomic E-state index is 13.6. The van der Waals surface area contributed by atoms with E-state index in [0.29, 0.717) is 24.5 Å². The first-order valence-corrected chi connectivity index (χ1v) is 11.7. The summed E-state index contributed by atoms with van der Waals surface area (Å²) in [5.74, 6) is -0.311. The van der Waals surface area contributed by atoms with E-state index in [1.165, 1.54) is 0 Å². The normalized spacial score (nSPS) is 11.6. The number of nitrogens with zero attached hydrogens (tertiary/aromatic N) is 1. The van der Waals surface area contributed by atoms with Crippen LogP contribution in [0.25, 0.3) is 0 Å². The maximum Gasteiger partial charge on any atom is 0.243 e. The Morgan fingerprint density at radius 2 is 1.59 bits per heavy atom. The highest BCUT2D eigenvalue weighted by Gasteiger charge is 2.30. The molecule has 0 aromatic heterocycles. The van der Waals surface area contributed by atoms with Crippen molar-refractivity contribution in [1.82, 2.24) is 10.2 Å². The summed E-state index contributed by atoms with van der Waals surface area (Å²) in [5.41, 5.74) is 2.69. The maximum absolute atomic E-state index is 13.6. The Hall–Kier alpha value is -2.63. The fourth-order valence-electron chi connectivity index (χ4n) is 3.54. The molecule has 3 rings (SSSR count). The molecule has 0 saturated heterocycles. The van der Waals surface area contributed by atoms with Gasteiger partial charge in [-0.25, -0.2) is 0 Å². The molecule has 0 spiro atoms. The van der Waals surface area contributed by atoms with Gasteiger partial charge in [0.15, 0.2) is 0 Å². The van der Waals surface area contributed by atoms with Crippen LogP contribution < -0.4 is 5.32 Å². The van der Waals surface area contributed by atoms with Crippen molar-refractivity contribution in [2.24, 2.45) is 0 Å². The van der Waals surface area contributed by atoms with Gasteiger partial charge in [-0.3, -0.25) is 9.59 Å². The molecule has 0 unspecified atom stereocenters. The van der Waals surface area contributed by atoms with Crippen molar-refractivity contribution < 1.29 is 9.59 Å². The number of carbonyl (C=O) groups is 2. The van der Waals surface area contributed by atoms with Crippen molar-refractivity contribution in [2.75, 3.05) is 6.54 Å². The summed E-state index contributed by atoms with van der Waals surface area (Å²) in [4.78, 5) is 28.3. The largest absolute Gasteiger partial charge is 0.355 e. The molecule has 3 aromatic rings. The van der Waals surface area contributed by atoms with E-state index >= 15 is 0 Å². The summed E-state index contributed by atoms with van der Waals surface area (Å²) < 4.78 is 0.958. The number of likely N-dealkylation sites (N-methyl/N-ethyl adjacent to an activating group) is 1. The lowest BCUT2D eigenvalue weighted by molar-refractivity contribution is -0.140. The third-order valence-corrected chi connectivity index (χ3v) is 6.09. The van der Waals surface area contributed by atoms with Crippen LogP contribution in [0.1, 0.15) is 23.6 Å². The number of hydrogen-bond acceptors (Lipinski definition) is 2. The minimum absolute atomic E-state index is 0.126. The summed E-state index contributed by atoms with van der Waals surface area (Å²) in [5, 5.41) is 3.45. The predicted octanol–water partition coefficient (Wildman–Crippen LogP) is 5.42. The Morgan fingerprint density at radius 3 is 2.25 bits per heavy atom. The van der Waals surface area contributed by atoms with Crippen molar-refractivity contribution in [3.63, 3.8) is 0 Å². The second-order valence-electron chi connectivity index (χ2n) is 7.52. The molecule has 0 aliphatic carbocycles. The molecule has 0 bridgehead atoms. The summed E-state index contributed by atoms with van der Waals surface area (Å²) >= 11 is 9.77. The third kappa shape index (κ3) is 6.68. The molecule has 0 aliphatic heterocycles. The van der Waals surface area contributed by atoms with Gasteiger partial charge in [0.05, 0.1) is 6.42 Å². The quantitative estimate of drug-likeness (QED) is 0.415. The Balaban J connectivity index is 1.95. The Morgan fingerprint density at radius 1 is 0.938 bits per heavy atom. The molecule has 0 aliphatic rings. The fourth-order valence-corrected chi connectivity index (χ4v) is 4.01. The van der Waals surface area contributed by atoms with Gasteiger partial charge < -0.3 is 10.2 Å². The van der Waals surface area contributed by atoms with E-state index in [1.807, 2.05) is 79.7 Å². The smallest absolute Gasteiger partial charge is 0.243 e. The minimum atomic E-state index is -0.643. The number of benzene rings is 3. The lowest BCUT2D eigenvalue weighted by Crippen LogP contribution is -2.51. The minimum Gasteiger partial charge on any atom is -0.355 e. The number of rotatable bonds is 9. The highest BCUT2D eigenvalue weighted by atomic mass is 79.9. The Labute approximate surface area is 202 Å². The van der Waals surface area contributed by atoms with Crippen LogP contribution in [0, 0.1) is 0 Å². The topological polar surface area (TPSA) is 49.4 Å². The van der Waals surface area contributed by atoms with E-state index in [9.17, 15) is 9.59 Å². The van der Waals surface area contributed by atoms with Crippen molar-refractivity contribution in [3.05, 3.63) is 105 Å². The first-order chi connectivity index (χ1) is 15.5. The zero-order chi connectivity index (χ0) is 22.9. The molecule has 166 valence electrons. The van der Waals surface area contributed by atoms with Gasteiger partial charge in [0.2, 0.25) is 11.8 Å². The van der Waals surface area contributed by atoms with E-state index in [2.05, 4.69) is 21.2 Å². The zero-order valence-corrected chi connectivity index (χ0v) is 20.3. The average molecular weight is 514 g/mol. The fraction of sp³-hybridized carbons (Fsp3) is 0.231. The molecule has 1 atom stereocenters.